The Morgan fingerprint density at radius 1 is 1.15 bits per heavy atom. The zero-order valence-corrected chi connectivity index (χ0v) is 22.4. The molecule has 2 bridgehead atoms. The molecule has 2 aromatic carbocycles. The van der Waals surface area contributed by atoms with Gasteiger partial charge < -0.3 is 43.8 Å². The van der Waals surface area contributed by atoms with Crippen molar-refractivity contribution in [3.05, 3.63) is 64.2 Å². The standard InChI is InChI=1S/C27H32ClNO10/c1-3-35-25(33)37-15-26-16-38-27(39-26,24(32)22(30)23(26)31)19-7-10-21(28)18(14-19)13-17-5-8-20(9-6-17)36-12-4-11-29-34-2/h5-11,14,22-24,30-32H,3-4,12-13,15-16H2,1-2H3/b29-11+/t22-,23-,24+,26-,27-/m0/s1. The Morgan fingerprint density at radius 3 is 2.64 bits per heavy atom. The average molecular weight is 566 g/mol. The van der Waals surface area contributed by atoms with Crippen molar-refractivity contribution in [3.63, 3.8) is 0 Å². The summed E-state index contributed by atoms with van der Waals surface area (Å²) in [4.78, 5) is 16.4. The van der Waals surface area contributed by atoms with E-state index in [2.05, 4.69) is 9.99 Å². The number of fused-ring (bicyclic) bond motifs is 2. The maximum Gasteiger partial charge on any atom is 0.508 e. The summed E-state index contributed by atoms with van der Waals surface area (Å²) >= 11 is 6.50. The van der Waals surface area contributed by atoms with Crippen LogP contribution in [0.3, 0.4) is 0 Å². The number of hydrogen-bond acceptors (Lipinski definition) is 11. The van der Waals surface area contributed by atoms with E-state index < -0.39 is 42.5 Å². The monoisotopic (exact) mass is 565 g/mol. The SMILES string of the molecule is CCOC(=O)OC[C@@]12CO[C@@](c3ccc(Cl)c(Cc4ccc(OCC/C=N/OC)cc4)c3)(O1)[C@H](O)[C@@H](O)[C@@H]2O. The summed E-state index contributed by atoms with van der Waals surface area (Å²) in [5.41, 5.74) is 0.436. The topological polar surface area (TPSA) is 146 Å². The molecule has 0 aliphatic carbocycles. The maximum atomic E-state index is 11.8. The van der Waals surface area contributed by atoms with Gasteiger partial charge in [-0.3, -0.25) is 0 Å². The van der Waals surface area contributed by atoms with Crippen molar-refractivity contribution >= 4 is 24.0 Å². The molecule has 3 N–H and O–H groups in total. The molecule has 12 heteroatoms. The van der Waals surface area contributed by atoms with Crippen LogP contribution in [-0.4, -0.2) is 85.1 Å². The normalized spacial score (nSPS) is 27.9. The molecule has 2 fully saturated rings. The van der Waals surface area contributed by atoms with Crippen LogP contribution in [0.4, 0.5) is 4.79 Å². The second-order valence-electron chi connectivity index (χ2n) is 9.21. The minimum absolute atomic E-state index is 0.102. The molecule has 2 aliphatic heterocycles. The van der Waals surface area contributed by atoms with Gasteiger partial charge in [-0.25, -0.2) is 4.79 Å². The highest BCUT2D eigenvalue weighted by Crippen LogP contribution is 2.50. The van der Waals surface area contributed by atoms with Crippen LogP contribution in [0.25, 0.3) is 0 Å². The molecule has 0 saturated carbocycles. The summed E-state index contributed by atoms with van der Waals surface area (Å²) in [7, 11) is 1.48. The molecule has 0 amide bonds. The Kier molecular flexibility index (Phi) is 9.31. The molecule has 4 rings (SSSR count). The molecule has 0 radical (unpaired) electrons. The minimum atomic E-state index is -1.82. The second-order valence-corrected chi connectivity index (χ2v) is 9.62. The number of halogens is 1. The molecule has 11 nitrogen and oxygen atoms in total. The molecule has 0 spiro atoms. The fourth-order valence-electron chi connectivity index (χ4n) is 4.61. The van der Waals surface area contributed by atoms with Crippen LogP contribution in [0.1, 0.15) is 30.0 Å². The van der Waals surface area contributed by atoms with Crippen molar-refractivity contribution in [2.75, 3.05) is 33.5 Å². The fraction of sp³-hybridized carbons (Fsp3) is 0.481. The number of rotatable bonds is 11. The van der Waals surface area contributed by atoms with Crippen molar-refractivity contribution in [2.24, 2.45) is 5.16 Å². The summed E-state index contributed by atoms with van der Waals surface area (Å²) in [6.07, 6.45) is -3.13. The molecule has 0 aromatic heterocycles. The number of hydrogen-bond donors (Lipinski definition) is 3. The van der Waals surface area contributed by atoms with Gasteiger partial charge in [0.1, 0.15) is 37.8 Å². The number of carbonyl (C=O) groups excluding carboxylic acids is 1. The highest BCUT2D eigenvalue weighted by molar-refractivity contribution is 6.31. The van der Waals surface area contributed by atoms with E-state index in [4.69, 9.17) is 35.3 Å². The molecule has 5 atom stereocenters. The first kappa shape index (κ1) is 29.1. The lowest BCUT2D eigenvalue weighted by Gasteiger charge is -2.46. The Morgan fingerprint density at radius 2 is 1.92 bits per heavy atom. The number of aliphatic hydroxyl groups is 3. The number of benzene rings is 2. The predicted molar refractivity (Wildman–Crippen MR) is 139 cm³/mol. The van der Waals surface area contributed by atoms with Crippen LogP contribution in [0.15, 0.2) is 47.6 Å². The summed E-state index contributed by atoms with van der Waals surface area (Å²) in [5, 5.41) is 36.5. The first-order valence-electron chi connectivity index (χ1n) is 12.5. The first-order chi connectivity index (χ1) is 18.7. The first-order valence-corrected chi connectivity index (χ1v) is 12.9. The summed E-state index contributed by atoms with van der Waals surface area (Å²) < 4.78 is 27.6. The molecule has 0 unspecified atom stereocenters. The third kappa shape index (κ3) is 6.13. The smallest absolute Gasteiger partial charge is 0.493 e. The fourth-order valence-corrected chi connectivity index (χ4v) is 4.79. The van der Waals surface area contributed by atoms with Crippen LogP contribution < -0.4 is 4.74 Å². The van der Waals surface area contributed by atoms with Gasteiger partial charge in [0.15, 0.2) is 5.60 Å². The molecular formula is C27H32ClNO10. The van der Waals surface area contributed by atoms with Crippen molar-refractivity contribution in [1.29, 1.82) is 0 Å². The Balaban J connectivity index is 1.51. The highest BCUT2D eigenvalue weighted by Gasteiger charge is 2.67. The van der Waals surface area contributed by atoms with E-state index >= 15 is 0 Å². The number of aliphatic hydroxyl groups excluding tert-OH is 3. The van der Waals surface area contributed by atoms with Crippen LogP contribution in [-0.2, 0) is 36.0 Å². The van der Waals surface area contributed by atoms with Gasteiger partial charge in [0.2, 0.25) is 5.79 Å². The van der Waals surface area contributed by atoms with Gasteiger partial charge in [0.25, 0.3) is 0 Å². The lowest BCUT2D eigenvalue weighted by Crippen LogP contribution is -2.65. The van der Waals surface area contributed by atoms with Gasteiger partial charge >= 0.3 is 6.16 Å². The maximum absolute atomic E-state index is 11.8. The third-order valence-electron chi connectivity index (χ3n) is 6.62. The molecule has 2 aromatic rings. The van der Waals surface area contributed by atoms with E-state index in [9.17, 15) is 20.1 Å². The number of carbonyl (C=O) groups is 1. The van der Waals surface area contributed by atoms with Crippen molar-refractivity contribution in [2.45, 2.75) is 49.5 Å². The molecular weight excluding hydrogens is 534 g/mol. The van der Waals surface area contributed by atoms with E-state index in [0.29, 0.717) is 41.3 Å². The molecule has 2 aliphatic rings. The lowest BCUT2D eigenvalue weighted by molar-refractivity contribution is -0.329. The minimum Gasteiger partial charge on any atom is -0.493 e. The highest BCUT2D eigenvalue weighted by atomic mass is 35.5. The van der Waals surface area contributed by atoms with Gasteiger partial charge in [0, 0.05) is 23.2 Å². The molecule has 2 heterocycles. The zero-order chi connectivity index (χ0) is 28.0. The Hall–Kier alpha value is -2.93. The lowest BCUT2D eigenvalue weighted by atomic mass is 9.83. The van der Waals surface area contributed by atoms with Crippen LogP contribution in [0.2, 0.25) is 5.02 Å². The summed E-state index contributed by atoms with van der Waals surface area (Å²) in [6.45, 7) is 1.48. The zero-order valence-electron chi connectivity index (χ0n) is 21.6. The van der Waals surface area contributed by atoms with Crippen LogP contribution >= 0.6 is 11.6 Å². The van der Waals surface area contributed by atoms with Crippen LogP contribution in [0.5, 0.6) is 5.75 Å². The van der Waals surface area contributed by atoms with Crippen molar-refractivity contribution in [1.82, 2.24) is 0 Å². The Labute approximate surface area is 230 Å². The van der Waals surface area contributed by atoms with Crippen LogP contribution in [0, 0.1) is 0 Å². The molecule has 212 valence electrons. The second kappa shape index (κ2) is 12.5. The van der Waals surface area contributed by atoms with E-state index in [0.717, 1.165) is 5.56 Å². The number of oxime groups is 1. The predicted octanol–water partition coefficient (Wildman–Crippen LogP) is 2.54. The van der Waals surface area contributed by atoms with E-state index in [1.807, 2.05) is 24.3 Å². The Bertz CT molecular complexity index is 1160. The third-order valence-corrected chi connectivity index (χ3v) is 6.99. The summed E-state index contributed by atoms with van der Waals surface area (Å²) in [6, 6.07) is 12.5. The van der Waals surface area contributed by atoms with Gasteiger partial charge in [-0.1, -0.05) is 35.0 Å². The van der Waals surface area contributed by atoms with Crippen molar-refractivity contribution < 1.29 is 48.6 Å². The van der Waals surface area contributed by atoms with E-state index in [1.165, 1.54) is 7.11 Å². The van der Waals surface area contributed by atoms with Gasteiger partial charge in [-0.2, -0.15) is 0 Å². The largest absolute Gasteiger partial charge is 0.508 e. The average Bonchev–Trinajstić information content (AvgIpc) is 3.32. The number of ether oxygens (including phenoxy) is 5. The number of nitrogens with zero attached hydrogens (tertiary/aromatic N) is 1. The van der Waals surface area contributed by atoms with Gasteiger partial charge in [-0.05, 0) is 48.7 Å². The van der Waals surface area contributed by atoms with E-state index in [1.54, 1.807) is 31.3 Å². The summed E-state index contributed by atoms with van der Waals surface area (Å²) in [5.74, 6) is -1.12. The van der Waals surface area contributed by atoms with Crippen molar-refractivity contribution in [3.8, 4) is 5.75 Å². The molecule has 2 saturated heterocycles. The van der Waals surface area contributed by atoms with Gasteiger partial charge in [0.05, 0.1) is 19.8 Å². The quantitative estimate of drug-likeness (QED) is 0.161. The van der Waals surface area contributed by atoms with E-state index in [-0.39, 0.29) is 13.2 Å². The van der Waals surface area contributed by atoms with Gasteiger partial charge in [-0.15, -0.1) is 0 Å². The molecule has 39 heavy (non-hydrogen) atoms.